The zero-order chi connectivity index (χ0) is 23.2. The minimum atomic E-state index is -0.445. The third kappa shape index (κ3) is 5.18. The van der Waals surface area contributed by atoms with E-state index in [-0.39, 0.29) is 6.67 Å². The van der Waals surface area contributed by atoms with Crippen LogP contribution in [-0.4, -0.2) is 44.1 Å². The van der Waals surface area contributed by atoms with Crippen LogP contribution in [0.3, 0.4) is 0 Å². The van der Waals surface area contributed by atoms with Crippen molar-refractivity contribution in [2.24, 2.45) is 5.84 Å². The Bertz CT molecular complexity index is 1250. The third-order valence-corrected chi connectivity index (χ3v) is 5.67. The Balaban J connectivity index is 1.77. The average Bonchev–Trinajstić information content (AvgIpc) is 3.37. The second kappa shape index (κ2) is 10.2. The van der Waals surface area contributed by atoms with Crippen LogP contribution in [0.2, 0.25) is 0 Å². The number of nitrogens with zero attached hydrogens (tertiary/aromatic N) is 5. The van der Waals surface area contributed by atoms with Crippen LogP contribution in [0.1, 0.15) is 17.3 Å². The van der Waals surface area contributed by atoms with E-state index in [2.05, 4.69) is 25.7 Å². The van der Waals surface area contributed by atoms with Gasteiger partial charge in [-0.25, -0.2) is 15.8 Å². The lowest BCUT2D eigenvalue weighted by Crippen LogP contribution is -2.30. The molecule has 0 bridgehead atoms. The molecule has 1 amide bonds. The van der Waals surface area contributed by atoms with E-state index in [1.54, 1.807) is 31.6 Å². The number of carbonyl (C=O) groups is 1. The van der Waals surface area contributed by atoms with E-state index in [9.17, 15) is 10.0 Å². The van der Waals surface area contributed by atoms with Crippen LogP contribution in [0.25, 0.3) is 33.1 Å². The molecule has 0 fully saturated rings. The van der Waals surface area contributed by atoms with Gasteiger partial charge in [0, 0.05) is 46.9 Å². The number of thiazole rings is 1. The van der Waals surface area contributed by atoms with Gasteiger partial charge in [0.1, 0.15) is 16.5 Å². The number of hydrogen-bond acceptors (Lipinski definition) is 10. The zero-order valence-corrected chi connectivity index (χ0v) is 18.5. The molecule has 0 unspecified atom stereocenters. The largest absolute Gasteiger partial charge is 0.784 e. The first-order valence-corrected chi connectivity index (χ1v) is 11.0. The van der Waals surface area contributed by atoms with Crippen molar-refractivity contribution in [2.75, 3.05) is 18.5 Å². The van der Waals surface area contributed by atoms with E-state index >= 15 is 0 Å². The van der Waals surface area contributed by atoms with Crippen LogP contribution >= 0.6 is 11.3 Å². The zero-order valence-electron chi connectivity index (χ0n) is 17.7. The van der Waals surface area contributed by atoms with Crippen LogP contribution in [0.4, 0.5) is 5.82 Å². The van der Waals surface area contributed by atoms with Crippen molar-refractivity contribution in [1.29, 1.82) is 0 Å². The molecule has 0 aliphatic heterocycles. The molecule has 0 aliphatic rings. The number of nitrogens with one attached hydrogen (secondary N) is 2. The molecule has 0 aliphatic carbocycles. The molecule has 0 spiro atoms. The van der Waals surface area contributed by atoms with Gasteiger partial charge in [0.15, 0.2) is 0 Å². The maximum atomic E-state index is 12.0. The van der Waals surface area contributed by atoms with Crippen molar-refractivity contribution in [3.8, 4) is 33.1 Å². The van der Waals surface area contributed by atoms with Crippen molar-refractivity contribution < 1.29 is 4.79 Å². The van der Waals surface area contributed by atoms with Gasteiger partial charge in [0.25, 0.3) is 5.91 Å². The Morgan fingerprint density at radius 2 is 2.03 bits per heavy atom. The van der Waals surface area contributed by atoms with Crippen LogP contribution in [0.5, 0.6) is 0 Å². The Labute approximate surface area is 194 Å². The minimum Gasteiger partial charge on any atom is -0.784 e. The van der Waals surface area contributed by atoms with E-state index in [0.717, 1.165) is 32.6 Å². The monoisotopic (exact) mass is 461 g/mol. The van der Waals surface area contributed by atoms with E-state index in [1.165, 1.54) is 17.5 Å². The lowest BCUT2D eigenvalue weighted by molar-refractivity contribution is 0.0953. The number of anilines is 1. The van der Waals surface area contributed by atoms with Crippen molar-refractivity contribution in [1.82, 2.24) is 30.4 Å². The molecule has 0 aromatic carbocycles. The molecule has 0 radical (unpaired) electrons. The third-order valence-electron chi connectivity index (χ3n) is 4.80. The molecule has 0 saturated carbocycles. The van der Waals surface area contributed by atoms with Gasteiger partial charge >= 0.3 is 0 Å². The summed E-state index contributed by atoms with van der Waals surface area (Å²) in [6.07, 6.45) is 6.47. The molecule has 4 aromatic rings. The van der Waals surface area contributed by atoms with Crippen molar-refractivity contribution >= 4 is 23.1 Å². The number of nitrogen functional groups attached to an aromatic ring is 1. The molecule has 33 heavy (non-hydrogen) atoms. The number of aromatic nitrogens is 4. The predicted octanol–water partition coefficient (Wildman–Crippen LogP) is 3.12. The number of carbonyl (C=O) groups excluding carboxylic acids is 1. The van der Waals surface area contributed by atoms with Gasteiger partial charge in [-0.3, -0.25) is 20.2 Å². The Morgan fingerprint density at radius 1 is 1.15 bits per heavy atom. The van der Waals surface area contributed by atoms with Gasteiger partial charge < -0.3 is 15.6 Å². The number of hydrazine groups is 1. The number of amides is 1. The van der Waals surface area contributed by atoms with E-state index < -0.39 is 5.91 Å². The van der Waals surface area contributed by atoms with Crippen LogP contribution in [0.15, 0.2) is 60.5 Å². The second-order valence-electron chi connectivity index (χ2n) is 6.94. The molecular formula is C22H21N8O2S-. The van der Waals surface area contributed by atoms with E-state index in [4.69, 9.17) is 10.8 Å². The van der Waals surface area contributed by atoms with Crippen molar-refractivity contribution in [3.63, 3.8) is 0 Å². The molecule has 4 heterocycles. The highest BCUT2D eigenvalue weighted by molar-refractivity contribution is 7.13. The van der Waals surface area contributed by atoms with Crippen molar-refractivity contribution in [2.45, 2.75) is 6.92 Å². The van der Waals surface area contributed by atoms with Crippen LogP contribution < -0.4 is 16.6 Å². The fraction of sp³-hybridized carbons (Fsp3) is 0.136. The number of hydrogen-bond donors (Lipinski definition) is 3. The highest BCUT2D eigenvalue weighted by Gasteiger charge is 2.16. The van der Waals surface area contributed by atoms with Crippen molar-refractivity contribution in [3.05, 3.63) is 71.3 Å². The maximum absolute atomic E-state index is 12.0. The van der Waals surface area contributed by atoms with Gasteiger partial charge in [-0.05, 0) is 30.8 Å². The summed E-state index contributed by atoms with van der Waals surface area (Å²) in [5, 5.41) is 18.3. The highest BCUT2D eigenvalue weighted by atomic mass is 32.1. The molecule has 10 nitrogen and oxygen atoms in total. The highest BCUT2D eigenvalue weighted by Crippen LogP contribution is 2.36. The Morgan fingerprint density at radius 3 is 2.79 bits per heavy atom. The number of rotatable bonds is 8. The smallest absolute Gasteiger partial charge is 0.266 e. The summed E-state index contributed by atoms with van der Waals surface area (Å²) in [6, 6.07) is 9.17. The summed E-state index contributed by atoms with van der Waals surface area (Å²) in [7, 11) is 0. The lowest BCUT2D eigenvalue weighted by atomic mass is 10.0. The first-order chi connectivity index (χ1) is 16.1. The quantitative estimate of drug-likeness (QED) is 0.156. The molecule has 11 heteroatoms. The summed E-state index contributed by atoms with van der Waals surface area (Å²) in [5.74, 6) is 5.35. The number of nitrogens with two attached hydrogens (primary N) is 1. The summed E-state index contributed by atoms with van der Waals surface area (Å²) in [6.45, 7) is 2.25. The fourth-order valence-electron chi connectivity index (χ4n) is 3.06. The van der Waals surface area contributed by atoms with Gasteiger partial charge in [-0.1, -0.05) is 13.0 Å². The molecular weight excluding hydrogens is 440 g/mol. The van der Waals surface area contributed by atoms with Gasteiger partial charge in [-0.15, -0.1) is 11.3 Å². The second-order valence-corrected chi connectivity index (χ2v) is 7.79. The predicted molar refractivity (Wildman–Crippen MR) is 128 cm³/mol. The molecule has 4 N–H and O–H groups in total. The standard InChI is InChI=1S/C22H21N8O2S/c1-2-30(32)13-27-20-8-16(22-28-19(12-33-22)18-5-3-4-6-25-18)17(11-26-20)14-7-15(10-24-9-14)21(31)29-23/h3-12H,2,13,23H2,1H3,(H,26,27)(H,29,31)/q-1. The topological polar surface area (TPSA) is 145 Å². The Kier molecular flexibility index (Phi) is 6.95. The fourth-order valence-corrected chi connectivity index (χ4v) is 3.91. The normalized spacial score (nSPS) is 10.9. The average molecular weight is 462 g/mol. The molecule has 0 atom stereocenters. The minimum absolute atomic E-state index is 0.104. The van der Waals surface area contributed by atoms with Gasteiger partial charge in [0.05, 0.1) is 17.9 Å². The van der Waals surface area contributed by atoms with Gasteiger partial charge in [-0.2, -0.15) is 0 Å². The maximum Gasteiger partial charge on any atom is 0.266 e. The molecule has 168 valence electrons. The SMILES string of the molecule is CCN([O-])CNc1cc(-c2nc(-c3ccccn3)cs2)c(-c2cncc(C(=O)NN)c2)cn1. The summed E-state index contributed by atoms with van der Waals surface area (Å²) < 4.78 is 0. The molecule has 0 saturated heterocycles. The summed E-state index contributed by atoms with van der Waals surface area (Å²) >= 11 is 1.46. The first-order valence-electron chi connectivity index (χ1n) is 10.1. The molecule has 4 rings (SSSR count). The van der Waals surface area contributed by atoms with E-state index in [0.29, 0.717) is 23.5 Å². The molecule has 4 aromatic heterocycles. The van der Waals surface area contributed by atoms with E-state index in [1.807, 2.05) is 29.6 Å². The van der Waals surface area contributed by atoms with Crippen LogP contribution in [0, 0.1) is 5.21 Å². The number of hydroxylamine groups is 2. The Hall–Kier alpha value is -3.77. The van der Waals surface area contributed by atoms with Gasteiger partial charge in [0.2, 0.25) is 0 Å². The van der Waals surface area contributed by atoms with Crippen LogP contribution in [-0.2, 0) is 0 Å². The summed E-state index contributed by atoms with van der Waals surface area (Å²) in [4.78, 5) is 29.7. The summed E-state index contributed by atoms with van der Waals surface area (Å²) in [5.41, 5.74) is 6.14. The lowest BCUT2D eigenvalue weighted by Gasteiger charge is -2.26. The number of pyridine rings is 3. The first kappa shape index (κ1) is 22.4.